The fourth-order valence-electron chi connectivity index (χ4n) is 2.31. The van der Waals surface area contributed by atoms with E-state index in [1.165, 1.54) is 31.4 Å². The van der Waals surface area contributed by atoms with Crippen LogP contribution in [0.15, 0.2) is 42.5 Å². The number of phenols is 1. The van der Waals surface area contributed by atoms with E-state index in [1.54, 1.807) is 24.3 Å². The second-order valence-electron chi connectivity index (χ2n) is 5.63. The molecule has 0 amide bonds. The van der Waals surface area contributed by atoms with Gasteiger partial charge in [0.2, 0.25) is 0 Å². The van der Waals surface area contributed by atoms with Crippen molar-refractivity contribution < 1.29 is 19.0 Å². The van der Waals surface area contributed by atoms with Crippen LogP contribution in [0.1, 0.15) is 21.5 Å². The smallest absolute Gasteiger partial charge is 0.189 e. The molecule has 2 aromatic rings. The zero-order valence-corrected chi connectivity index (χ0v) is 13.9. The van der Waals surface area contributed by atoms with Crippen molar-refractivity contribution in [3.63, 3.8) is 0 Å². The van der Waals surface area contributed by atoms with Crippen molar-refractivity contribution in [3.05, 3.63) is 65.0 Å². The van der Waals surface area contributed by atoms with E-state index in [-0.39, 0.29) is 22.9 Å². The summed E-state index contributed by atoms with van der Waals surface area (Å²) in [6, 6.07) is 8.99. The van der Waals surface area contributed by atoms with Crippen molar-refractivity contribution in [3.8, 4) is 11.5 Å². The zero-order chi connectivity index (χ0) is 17.7. The van der Waals surface area contributed by atoms with Gasteiger partial charge in [-0.05, 0) is 50.0 Å². The molecule has 0 unspecified atom stereocenters. The minimum absolute atomic E-state index is 0.0863. The number of benzene rings is 2. The number of carbonyl (C=O) groups excluding carboxylic acids is 1. The molecule has 0 aromatic heterocycles. The summed E-state index contributed by atoms with van der Waals surface area (Å²) in [6.07, 6.45) is 2.94. The summed E-state index contributed by atoms with van der Waals surface area (Å²) in [5, 5.41) is 10.4. The van der Waals surface area contributed by atoms with Gasteiger partial charge in [-0.2, -0.15) is 0 Å². The van der Waals surface area contributed by atoms with Gasteiger partial charge in [-0.1, -0.05) is 18.2 Å². The minimum atomic E-state index is -0.334. The fourth-order valence-corrected chi connectivity index (χ4v) is 2.31. The number of nitrogens with zero attached hydrogens (tertiary/aromatic N) is 1. The first-order valence-electron chi connectivity index (χ1n) is 7.44. The molecule has 0 aliphatic carbocycles. The van der Waals surface area contributed by atoms with Crippen LogP contribution in [0.3, 0.4) is 0 Å². The predicted molar refractivity (Wildman–Crippen MR) is 91.8 cm³/mol. The molecule has 0 fully saturated rings. The third kappa shape index (κ3) is 4.20. The molecule has 0 aliphatic heterocycles. The number of ketones is 1. The highest BCUT2D eigenvalue weighted by Crippen LogP contribution is 2.32. The Hall–Kier alpha value is -2.66. The van der Waals surface area contributed by atoms with E-state index in [4.69, 9.17) is 4.74 Å². The Morgan fingerprint density at radius 3 is 2.46 bits per heavy atom. The summed E-state index contributed by atoms with van der Waals surface area (Å²) < 4.78 is 18.1. The summed E-state index contributed by atoms with van der Waals surface area (Å²) in [5.41, 5.74) is 1.46. The first kappa shape index (κ1) is 17.7. The zero-order valence-electron chi connectivity index (χ0n) is 13.9. The van der Waals surface area contributed by atoms with Gasteiger partial charge in [0.15, 0.2) is 5.78 Å². The highest BCUT2D eigenvalue weighted by Gasteiger charge is 2.17. The number of phenolic OH excluding ortho intramolecular Hbond substituents is 1. The molecule has 0 aliphatic rings. The van der Waals surface area contributed by atoms with E-state index < -0.39 is 0 Å². The van der Waals surface area contributed by atoms with E-state index in [0.717, 1.165) is 0 Å². The van der Waals surface area contributed by atoms with Gasteiger partial charge in [-0.25, -0.2) is 4.39 Å². The summed E-state index contributed by atoms with van der Waals surface area (Å²) in [6.45, 7) is 0.442. The second kappa shape index (κ2) is 7.75. The highest BCUT2D eigenvalue weighted by atomic mass is 19.1. The van der Waals surface area contributed by atoms with Crippen molar-refractivity contribution in [2.24, 2.45) is 0 Å². The van der Waals surface area contributed by atoms with Crippen LogP contribution in [-0.4, -0.2) is 37.0 Å². The average molecular weight is 329 g/mol. The molecule has 2 aromatic carbocycles. The maximum Gasteiger partial charge on any atom is 0.189 e. The Morgan fingerprint density at radius 2 is 1.88 bits per heavy atom. The number of allylic oxidation sites excluding steroid dienone is 1. The Balaban J connectivity index is 2.30. The lowest BCUT2D eigenvalue weighted by atomic mass is 10.0. The molecule has 0 atom stereocenters. The van der Waals surface area contributed by atoms with Crippen LogP contribution in [0.2, 0.25) is 0 Å². The lowest BCUT2D eigenvalue weighted by Crippen LogP contribution is -2.12. The molecule has 0 radical (unpaired) electrons. The molecule has 4 nitrogen and oxygen atoms in total. The van der Waals surface area contributed by atoms with E-state index in [9.17, 15) is 14.3 Å². The van der Waals surface area contributed by atoms with Crippen LogP contribution in [-0.2, 0) is 6.54 Å². The number of halogens is 1. The topological polar surface area (TPSA) is 49.8 Å². The van der Waals surface area contributed by atoms with Crippen LogP contribution in [0, 0.1) is 5.82 Å². The van der Waals surface area contributed by atoms with Crippen LogP contribution in [0.25, 0.3) is 6.08 Å². The molecule has 126 valence electrons. The first-order valence-corrected chi connectivity index (χ1v) is 7.44. The van der Waals surface area contributed by atoms with Crippen molar-refractivity contribution in [1.82, 2.24) is 4.90 Å². The number of ether oxygens (including phenoxy) is 1. The average Bonchev–Trinajstić information content (AvgIpc) is 2.55. The molecule has 0 heterocycles. The quantitative estimate of drug-likeness (QED) is 0.651. The lowest BCUT2D eigenvalue weighted by molar-refractivity contribution is 0.104. The molecule has 0 spiro atoms. The maximum absolute atomic E-state index is 12.9. The molecule has 0 saturated heterocycles. The van der Waals surface area contributed by atoms with Gasteiger partial charge in [0, 0.05) is 6.54 Å². The maximum atomic E-state index is 12.9. The van der Waals surface area contributed by atoms with Gasteiger partial charge in [0.05, 0.1) is 18.2 Å². The number of aromatic hydroxyl groups is 1. The van der Waals surface area contributed by atoms with E-state index in [0.29, 0.717) is 23.4 Å². The van der Waals surface area contributed by atoms with Crippen molar-refractivity contribution >= 4 is 11.9 Å². The molecule has 1 N–H and O–H groups in total. The number of methoxy groups -OCH3 is 1. The normalized spacial score (nSPS) is 11.2. The molecule has 0 saturated carbocycles. The van der Waals surface area contributed by atoms with Gasteiger partial charge in [-0.15, -0.1) is 0 Å². The number of hydrogen-bond donors (Lipinski definition) is 1. The molecule has 24 heavy (non-hydrogen) atoms. The van der Waals surface area contributed by atoms with Gasteiger partial charge in [-0.3, -0.25) is 4.79 Å². The number of hydrogen-bond acceptors (Lipinski definition) is 4. The van der Waals surface area contributed by atoms with Gasteiger partial charge in [0.25, 0.3) is 0 Å². The Morgan fingerprint density at radius 1 is 1.21 bits per heavy atom. The van der Waals surface area contributed by atoms with Crippen molar-refractivity contribution in [2.75, 3.05) is 21.2 Å². The SMILES string of the molecule is COc1ccc(C(=O)/C=C/c2ccc(F)cc2)c(O)c1CN(C)C. The molecular weight excluding hydrogens is 309 g/mol. The van der Waals surface area contributed by atoms with E-state index in [2.05, 4.69) is 0 Å². The summed E-state index contributed by atoms with van der Waals surface area (Å²) >= 11 is 0. The third-order valence-electron chi connectivity index (χ3n) is 3.50. The van der Waals surface area contributed by atoms with Crippen LogP contribution >= 0.6 is 0 Å². The Kier molecular flexibility index (Phi) is 5.71. The van der Waals surface area contributed by atoms with E-state index >= 15 is 0 Å². The number of carbonyl (C=O) groups is 1. The highest BCUT2D eigenvalue weighted by molar-refractivity contribution is 6.09. The number of rotatable bonds is 6. The largest absolute Gasteiger partial charge is 0.507 e. The second-order valence-corrected chi connectivity index (χ2v) is 5.63. The summed E-state index contributed by atoms with van der Waals surface area (Å²) in [4.78, 5) is 14.2. The van der Waals surface area contributed by atoms with Crippen LogP contribution in [0.4, 0.5) is 4.39 Å². The van der Waals surface area contributed by atoms with Crippen LogP contribution < -0.4 is 4.74 Å². The monoisotopic (exact) mass is 329 g/mol. The van der Waals surface area contributed by atoms with Crippen molar-refractivity contribution in [2.45, 2.75) is 6.54 Å². The summed E-state index contributed by atoms with van der Waals surface area (Å²) in [5.74, 6) is -0.226. The Bertz CT molecular complexity index is 752. The molecular formula is C19H20FNO3. The summed E-state index contributed by atoms with van der Waals surface area (Å²) in [7, 11) is 5.24. The standard InChI is InChI=1S/C19H20FNO3/c1-21(2)12-16-18(24-3)11-9-15(19(16)23)17(22)10-6-13-4-7-14(20)8-5-13/h4-11,23H,12H2,1-3H3/b10-6+. The molecule has 0 bridgehead atoms. The van der Waals surface area contributed by atoms with Gasteiger partial charge < -0.3 is 14.7 Å². The molecule has 5 heteroatoms. The Labute approximate surface area is 140 Å². The minimum Gasteiger partial charge on any atom is -0.507 e. The van der Waals surface area contributed by atoms with Crippen molar-refractivity contribution in [1.29, 1.82) is 0 Å². The first-order chi connectivity index (χ1) is 11.4. The van der Waals surface area contributed by atoms with Gasteiger partial charge in [0.1, 0.15) is 17.3 Å². The fraction of sp³-hybridized carbons (Fsp3) is 0.211. The lowest BCUT2D eigenvalue weighted by Gasteiger charge is -2.16. The third-order valence-corrected chi connectivity index (χ3v) is 3.50. The van der Waals surface area contributed by atoms with Gasteiger partial charge >= 0.3 is 0 Å². The predicted octanol–water partition coefficient (Wildman–Crippen LogP) is 3.50. The van der Waals surface area contributed by atoms with Crippen LogP contribution in [0.5, 0.6) is 11.5 Å². The van der Waals surface area contributed by atoms with E-state index in [1.807, 2.05) is 19.0 Å². The molecule has 2 rings (SSSR count).